The van der Waals surface area contributed by atoms with Gasteiger partial charge in [-0.15, -0.1) is 0 Å². The number of nitrogens with zero attached hydrogens (tertiary/aromatic N) is 1. The zero-order chi connectivity index (χ0) is 12.7. The fourth-order valence-corrected chi connectivity index (χ4v) is 2.26. The van der Waals surface area contributed by atoms with Gasteiger partial charge in [0, 0.05) is 6.16 Å². The van der Waals surface area contributed by atoms with Crippen molar-refractivity contribution < 1.29 is 47.0 Å². The molecule has 0 aromatic rings. The van der Waals surface area contributed by atoms with Crippen molar-refractivity contribution >= 4 is 21.2 Å². The van der Waals surface area contributed by atoms with Gasteiger partial charge < -0.3 is 27.8 Å². The topological polar surface area (TPSA) is 59.3 Å². The molecule has 8 heteroatoms. The summed E-state index contributed by atoms with van der Waals surface area (Å²) in [7, 11) is -2.78. The Hall–Kier alpha value is 1.26. The van der Waals surface area contributed by atoms with Crippen LogP contribution in [0.15, 0.2) is 0 Å². The van der Waals surface area contributed by atoms with Crippen molar-refractivity contribution in [3.63, 3.8) is 0 Å². The summed E-state index contributed by atoms with van der Waals surface area (Å²) in [5, 5.41) is 6.25. The minimum atomic E-state index is -2.78. The molecule has 0 radical (unpaired) electrons. The van der Waals surface area contributed by atoms with Gasteiger partial charge in [0.25, 0.3) is 0 Å². The van der Waals surface area contributed by atoms with E-state index >= 15 is 0 Å². The van der Waals surface area contributed by atoms with E-state index in [4.69, 9.17) is 20.9 Å². The normalized spacial score (nSPS) is 8.75. The summed E-state index contributed by atoms with van der Waals surface area (Å²) in [6.45, 7) is 12.8. The molecule has 0 aliphatic carbocycles. The average Bonchev–Trinajstić information content (AvgIpc) is 2.24. The van der Waals surface area contributed by atoms with Gasteiger partial charge in [0.05, 0.1) is 13.2 Å². The van der Waals surface area contributed by atoms with Crippen molar-refractivity contribution in [1.82, 2.24) is 0 Å². The fraction of sp³-hybridized carbons (Fsp3) is 0.750. The number of rotatable bonds is 6. The molecule has 0 saturated heterocycles. The van der Waals surface area contributed by atoms with E-state index < -0.39 is 7.60 Å². The van der Waals surface area contributed by atoms with Crippen molar-refractivity contribution in [2.45, 2.75) is 20.3 Å². The predicted molar refractivity (Wildman–Crippen MR) is 59.6 cm³/mol. The summed E-state index contributed by atoms with van der Waals surface area (Å²) in [6, 6.07) is 0. The summed E-state index contributed by atoms with van der Waals surface area (Å²) < 4.78 is 21.5. The van der Waals surface area contributed by atoms with Crippen LogP contribution in [-0.4, -0.2) is 19.4 Å². The van der Waals surface area contributed by atoms with E-state index in [1.165, 1.54) is 16.3 Å². The first kappa shape index (κ1) is 26.0. The standard InChI is InChI=1S/C7H16O3P.CN.BrH.Cu.Zn/c1-4-7-11(8,9-5-2)10-6-3;1-2;;;/h1,4-7H2,2-3H3;;1H;;/q2*-1;;+1;+2/p-1. The summed E-state index contributed by atoms with van der Waals surface area (Å²) in [5.74, 6) is 0. The molecule has 0 unspecified atom stereocenters. The molecule has 0 bridgehead atoms. The fourth-order valence-electron chi connectivity index (χ4n) is 0.753. The van der Waals surface area contributed by atoms with E-state index in [-0.39, 0.29) is 17.1 Å². The number of hydrogen-bond donors (Lipinski definition) is 0. The summed E-state index contributed by atoms with van der Waals surface area (Å²) in [4.78, 5) is 0. The molecule has 0 aliphatic heterocycles. The molecule has 0 N–H and O–H groups in total. The van der Waals surface area contributed by atoms with Gasteiger partial charge in [0.2, 0.25) is 0 Å². The van der Waals surface area contributed by atoms with Gasteiger partial charge in [-0.1, -0.05) is 0 Å². The third kappa shape index (κ3) is 17.7. The molecule has 0 saturated carbocycles. The van der Waals surface area contributed by atoms with Gasteiger partial charge in [0.1, 0.15) is 0 Å². The Balaban J connectivity index is -0.000000129. The second-order valence-electron chi connectivity index (χ2n) is 2.02. The van der Waals surface area contributed by atoms with Crippen LogP contribution in [0.3, 0.4) is 0 Å². The summed E-state index contributed by atoms with van der Waals surface area (Å²) >= 11 is 4.25. The maximum absolute atomic E-state index is 11.5. The first-order chi connectivity index (χ1) is 7.18. The van der Waals surface area contributed by atoms with Crippen molar-refractivity contribution in [3.05, 3.63) is 13.5 Å². The SMILES string of the molecule is [C-]#N.[CH2-]CCP(=O)(OCC)OCC.[Cu+].[Zn+][Br]. The van der Waals surface area contributed by atoms with Crippen LogP contribution in [0.5, 0.6) is 0 Å². The third-order valence-corrected chi connectivity index (χ3v) is 3.25. The van der Waals surface area contributed by atoms with Gasteiger partial charge in [-0.05, 0) is 13.8 Å². The first-order valence-electron chi connectivity index (χ1n) is 4.35. The Morgan fingerprint density at radius 2 is 1.62 bits per heavy atom. The molecular weight excluding hydrogens is 398 g/mol. The molecule has 96 valence electrons. The molecule has 0 amide bonds. The van der Waals surface area contributed by atoms with Gasteiger partial charge in [-0.2, -0.15) is 6.42 Å². The summed E-state index contributed by atoms with van der Waals surface area (Å²) in [5.41, 5.74) is 0. The second kappa shape index (κ2) is 21.5. The van der Waals surface area contributed by atoms with Crippen molar-refractivity contribution in [1.29, 1.82) is 5.26 Å². The monoisotopic (exact) mass is 411 g/mol. The molecule has 0 heterocycles. The molecule has 0 aromatic heterocycles. The van der Waals surface area contributed by atoms with E-state index in [1.54, 1.807) is 13.8 Å². The van der Waals surface area contributed by atoms with E-state index in [1.807, 2.05) is 0 Å². The Kier molecular flexibility index (Phi) is 34.9. The van der Waals surface area contributed by atoms with E-state index in [0.29, 0.717) is 25.8 Å². The first-order valence-corrected chi connectivity index (χ1v) is 13.0. The zero-order valence-corrected chi connectivity index (χ0v) is 15.9. The van der Waals surface area contributed by atoms with Gasteiger partial charge in [-0.25, -0.2) is 0 Å². The van der Waals surface area contributed by atoms with Gasteiger partial charge >= 0.3 is 54.6 Å². The van der Waals surface area contributed by atoms with Crippen LogP contribution in [0.1, 0.15) is 20.3 Å². The summed E-state index contributed by atoms with van der Waals surface area (Å²) in [6.07, 6.45) is 0.992. The quantitative estimate of drug-likeness (QED) is 0.380. The van der Waals surface area contributed by atoms with Crippen LogP contribution < -0.4 is 0 Å². The molecule has 0 rings (SSSR count). The molecule has 0 spiro atoms. The molecular formula is C8H16BrCuNO3PZn. The molecule has 16 heavy (non-hydrogen) atoms. The Morgan fingerprint density at radius 3 is 1.81 bits per heavy atom. The van der Waals surface area contributed by atoms with Gasteiger partial charge in [-0.3, -0.25) is 4.57 Å². The number of halogens is 1. The van der Waals surface area contributed by atoms with E-state index in [9.17, 15) is 4.57 Å². The molecule has 0 fully saturated rings. The van der Waals surface area contributed by atoms with Crippen molar-refractivity contribution in [3.8, 4) is 0 Å². The maximum atomic E-state index is 11.5. The Morgan fingerprint density at radius 1 is 1.31 bits per heavy atom. The molecule has 0 aromatic carbocycles. The van der Waals surface area contributed by atoms with Gasteiger partial charge in [0.15, 0.2) is 0 Å². The van der Waals surface area contributed by atoms with Crippen LogP contribution >= 0.6 is 21.2 Å². The Labute approximate surface area is 126 Å². The van der Waals surface area contributed by atoms with Crippen LogP contribution in [0.2, 0.25) is 0 Å². The van der Waals surface area contributed by atoms with Crippen molar-refractivity contribution in [2.24, 2.45) is 0 Å². The van der Waals surface area contributed by atoms with Crippen LogP contribution in [0.4, 0.5) is 0 Å². The van der Waals surface area contributed by atoms with Crippen molar-refractivity contribution in [2.75, 3.05) is 19.4 Å². The molecule has 0 aliphatic rings. The molecule has 4 nitrogen and oxygen atoms in total. The minimum absolute atomic E-state index is 0. The van der Waals surface area contributed by atoms with E-state index in [2.05, 4.69) is 20.5 Å². The Bertz CT molecular complexity index is 162. The average molecular weight is 414 g/mol. The predicted octanol–water partition coefficient (Wildman–Crippen LogP) is 3.41. The van der Waals surface area contributed by atoms with E-state index in [0.717, 1.165) is 0 Å². The van der Waals surface area contributed by atoms with Crippen LogP contribution in [0, 0.1) is 18.8 Å². The van der Waals surface area contributed by atoms with Crippen LogP contribution in [0.25, 0.3) is 0 Å². The molecule has 0 atom stereocenters. The third-order valence-electron chi connectivity index (χ3n) is 1.08. The second-order valence-corrected chi connectivity index (χ2v) is 4.21. The number of hydrogen-bond acceptors (Lipinski definition) is 4. The van der Waals surface area contributed by atoms with Crippen LogP contribution in [-0.2, 0) is 47.0 Å². The zero-order valence-electron chi connectivity index (χ0n) is 9.54.